The first-order valence-corrected chi connectivity index (χ1v) is 9.29. The van der Waals surface area contributed by atoms with Crippen molar-refractivity contribution in [3.63, 3.8) is 0 Å². The average molecular weight is 423 g/mol. The first-order chi connectivity index (χ1) is 12.4. The van der Waals surface area contributed by atoms with Gasteiger partial charge >= 0.3 is 6.18 Å². The highest BCUT2D eigenvalue weighted by molar-refractivity contribution is 5.88. The lowest BCUT2D eigenvalue weighted by Gasteiger charge is -2.57. The third-order valence-electron chi connectivity index (χ3n) is 5.88. The highest BCUT2D eigenvalue weighted by Crippen LogP contribution is 2.49. The number of rotatable bonds is 7. The lowest BCUT2D eigenvalue weighted by molar-refractivity contribution is -0.170. The number of carbonyl (C=O) groups excluding carboxylic acids is 1. The van der Waals surface area contributed by atoms with Gasteiger partial charge < -0.3 is 15.8 Å². The Hall–Kier alpha value is -1.31. The fourth-order valence-electron chi connectivity index (χ4n) is 3.57. The van der Waals surface area contributed by atoms with Crippen LogP contribution in [0.25, 0.3) is 0 Å². The molecule has 28 heavy (non-hydrogen) atoms. The molecule has 3 atom stereocenters. The summed E-state index contributed by atoms with van der Waals surface area (Å²) in [6, 6.07) is 5.31. The maximum atomic E-state index is 12.8. The minimum atomic E-state index is -4.36. The van der Waals surface area contributed by atoms with Crippen molar-refractivity contribution in [3.8, 4) is 0 Å². The van der Waals surface area contributed by atoms with Crippen LogP contribution in [-0.2, 0) is 15.7 Å². The van der Waals surface area contributed by atoms with E-state index in [1.165, 1.54) is 12.1 Å². The molecule has 1 amide bonds. The van der Waals surface area contributed by atoms with Crippen molar-refractivity contribution >= 4 is 18.3 Å². The zero-order valence-corrected chi connectivity index (χ0v) is 17.5. The molecule has 1 aromatic carbocycles. The van der Waals surface area contributed by atoms with Crippen LogP contribution < -0.4 is 11.1 Å². The van der Waals surface area contributed by atoms with Gasteiger partial charge in [0.2, 0.25) is 5.91 Å². The molecule has 3 unspecified atom stereocenters. The quantitative estimate of drug-likeness (QED) is 0.689. The summed E-state index contributed by atoms with van der Waals surface area (Å²) in [4.78, 5) is 12.6. The van der Waals surface area contributed by atoms with Gasteiger partial charge in [0.1, 0.15) is 5.54 Å². The maximum Gasteiger partial charge on any atom is 0.416 e. The fraction of sp³-hybridized carbons (Fsp3) is 0.650. The first kappa shape index (κ1) is 24.7. The molecule has 0 bridgehead atoms. The lowest BCUT2D eigenvalue weighted by atomic mass is 9.54. The minimum absolute atomic E-state index is 0. The zero-order chi connectivity index (χ0) is 20.5. The molecule has 0 spiro atoms. The van der Waals surface area contributed by atoms with Crippen LogP contribution in [0.3, 0.4) is 0 Å². The summed E-state index contributed by atoms with van der Waals surface area (Å²) >= 11 is 0. The van der Waals surface area contributed by atoms with Gasteiger partial charge in [0.25, 0.3) is 0 Å². The summed E-state index contributed by atoms with van der Waals surface area (Å²) in [5.74, 6) is -0.355. The standard InChI is InChI=1S/C20H29F3N2O2.ClH/c1-5-27-16-12-19(24,18(16,3)4)17(26)25-10-9-13(2)14-7-6-8-15(11-14)20(21,22)23;/h6-8,11,13,16H,5,9-10,12,24H2,1-4H3,(H,25,26);1H. The average Bonchev–Trinajstić information content (AvgIpc) is 2.60. The van der Waals surface area contributed by atoms with Gasteiger partial charge in [0.15, 0.2) is 0 Å². The molecule has 0 radical (unpaired) electrons. The van der Waals surface area contributed by atoms with Crippen molar-refractivity contribution in [1.29, 1.82) is 0 Å². The van der Waals surface area contributed by atoms with Gasteiger partial charge in [-0.05, 0) is 30.9 Å². The number of ether oxygens (including phenoxy) is 1. The topological polar surface area (TPSA) is 64.3 Å². The Morgan fingerprint density at radius 3 is 2.57 bits per heavy atom. The van der Waals surface area contributed by atoms with E-state index in [0.29, 0.717) is 31.6 Å². The van der Waals surface area contributed by atoms with Crippen molar-refractivity contribution in [2.45, 2.75) is 64.3 Å². The summed E-state index contributed by atoms with van der Waals surface area (Å²) in [6.07, 6.45) is -3.42. The molecule has 160 valence electrons. The second kappa shape index (κ2) is 9.01. The maximum absolute atomic E-state index is 12.8. The van der Waals surface area contributed by atoms with E-state index in [1.54, 1.807) is 6.07 Å². The van der Waals surface area contributed by atoms with Crippen LogP contribution in [0.2, 0.25) is 0 Å². The van der Waals surface area contributed by atoms with Gasteiger partial charge in [-0.1, -0.05) is 39.0 Å². The molecule has 0 saturated heterocycles. The summed E-state index contributed by atoms with van der Waals surface area (Å²) in [7, 11) is 0. The molecule has 0 aliphatic heterocycles. The van der Waals surface area contributed by atoms with Crippen LogP contribution in [0.5, 0.6) is 0 Å². The molecule has 1 aromatic rings. The molecule has 4 nitrogen and oxygen atoms in total. The molecule has 2 rings (SSSR count). The van der Waals surface area contributed by atoms with E-state index in [4.69, 9.17) is 10.5 Å². The summed E-state index contributed by atoms with van der Waals surface area (Å²) in [5.41, 5.74) is 4.80. The number of hydrogen-bond acceptors (Lipinski definition) is 3. The number of nitrogens with two attached hydrogens (primary N) is 1. The molecule has 1 aliphatic rings. The van der Waals surface area contributed by atoms with E-state index in [9.17, 15) is 18.0 Å². The molecule has 1 aliphatic carbocycles. The second-order valence-corrected chi connectivity index (χ2v) is 7.91. The molecular formula is C20H30ClF3N2O2. The number of benzene rings is 1. The van der Waals surface area contributed by atoms with E-state index >= 15 is 0 Å². The van der Waals surface area contributed by atoms with Gasteiger partial charge in [0.05, 0.1) is 11.7 Å². The SMILES string of the molecule is CCOC1CC(N)(C(=O)NCCC(C)c2cccc(C(F)(F)F)c2)C1(C)C.Cl. The van der Waals surface area contributed by atoms with E-state index in [1.807, 2.05) is 27.7 Å². The van der Waals surface area contributed by atoms with Gasteiger partial charge in [-0.2, -0.15) is 13.2 Å². The number of halogens is 4. The number of hydrogen-bond donors (Lipinski definition) is 2. The molecule has 1 saturated carbocycles. The Kier molecular flexibility index (Phi) is 7.96. The van der Waals surface area contributed by atoms with Gasteiger partial charge in [-0.15, -0.1) is 12.4 Å². The van der Waals surface area contributed by atoms with Crippen LogP contribution in [0, 0.1) is 5.41 Å². The Balaban J connectivity index is 0.00000392. The largest absolute Gasteiger partial charge is 0.416 e. The molecule has 3 N–H and O–H groups in total. The first-order valence-electron chi connectivity index (χ1n) is 9.29. The lowest BCUT2D eigenvalue weighted by Crippen LogP contribution is -2.75. The molecular weight excluding hydrogens is 393 g/mol. The van der Waals surface area contributed by atoms with Crippen molar-refractivity contribution in [2.24, 2.45) is 11.1 Å². The minimum Gasteiger partial charge on any atom is -0.378 e. The van der Waals surface area contributed by atoms with Crippen molar-refractivity contribution < 1.29 is 22.7 Å². The highest BCUT2D eigenvalue weighted by Gasteiger charge is 2.62. The zero-order valence-electron chi connectivity index (χ0n) is 16.7. The van der Waals surface area contributed by atoms with Crippen LogP contribution in [0.15, 0.2) is 24.3 Å². The summed E-state index contributed by atoms with van der Waals surface area (Å²) in [6.45, 7) is 8.51. The predicted molar refractivity (Wildman–Crippen MR) is 105 cm³/mol. The number of nitrogens with one attached hydrogen (secondary N) is 1. The Bertz CT molecular complexity index is 682. The summed E-state index contributed by atoms with van der Waals surface area (Å²) in [5, 5.41) is 2.85. The number of amides is 1. The Labute approximate surface area is 170 Å². The Morgan fingerprint density at radius 1 is 1.39 bits per heavy atom. The Morgan fingerprint density at radius 2 is 2.04 bits per heavy atom. The van der Waals surface area contributed by atoms with Crippen molar-refractivity contribution in [1.82, 2.24) is 5.32 Å². The van der Waals surface area contributed by atoms with E-state index in [2.05, 4.69) is 5.32 Å². The van der Waals surface area contributed by atoms with Gasteiger partial charge in [0, 0.05) is 25.0 Å². The van der Waals surface area contributed by atoms with E-state index in [-0.39, 0.29) is 30.3 Å². The molecule has 0 heterocycles. The third kappa shape index (κ3) is 4.81. The smallest absolute Gasteiger partial charge is 0.378 e. The van der Waals surface area contributed by atoms with Crippen LogP contribution in [0.1, 0.15) is 57.6 Å². The highest BCUT2D eigenvalue weighted by atomic mass is 35.5. The van der Waals surface area contributed by atoms with Gasteiger partial charge in [-0.3, -0.25) is 4.79 Å². The fourth-order valence-corrected chi connectivity index (χ4v) is 3.57. The third-order valence-corrected chi connectivity index (χ3v) is 5.88. The number of alkyl halides is 3. The predicted octanol–water partition coefficient (Wildman–Crippen LogP) is 4.27. The van der Waals surface area contributed by atoms with E-state index < -0.39 is 22.7 Å². The normalized spacial score (nSPS) is 24.6. The van der Waals surface area contributed by atoms with Crippen LogP contribution in [-0.4, -0.2) is 30.7 Å². The van der Waals surface area contributed by atoms with Crippen LogP contribution in [0.4, 0.5) is 13.2 Å². The van der Waals surface area contributed by atoms with Crippen molar-refractivity contribution in [3.05, 3.63) is 35.4 Å². The van der Waals surface area contributed by atoms with Crippen molar-refractivity contribution in [2.75, 3.05) is 13.2 Å². The van der Waals surface area contributed by atoms with Gasteiger partial charge in [-0.25, -0.2) is 0 Å². The number of carbonyl (C=O) groups is 1. The molecule has 8 heteroatoms. The van der Waals surface area contributed by atoms with Crippen LogP contribution >= 0.6 is 12.4 Å². The second-order valence-electron chi connectivity index (χ2n) is 7.91. The van der Waals surface area contributed by atoms with E-state index in [0.717, 1.165) is 6.07 Å². The summed E-state index contributed by atoms with van der Waals surface area (Å²) < 4.78 is 44.2. The molecule has 0 aromatic heterocycles. The monoisotopic (exact) mass is 422 g/mol. The molecule has 1 fully saturated rings.